The molecule has 0 aliphatic rings. The number of alkyl halides is 2. The van der Waals surface area contributed by atoms with Crippen LogP contribution < -0.4 is 5.73 Å². The van der Waals surface area contributed by atoms with Crippen LogP contribution in [-0.4, -0.2) is 6.43 Å². The minimum absolute atomic E-state index is 0.0855. The molecule has 0 saturated carbocycles. The number of rotatable bonds is 4. The van der Waals surface area contributed by atoms with E-state index in [2.05, 4.69) is 0 Å². The Morgan fingerprint density at radius 3 is 2.27 bits per heavy atom. The van der Waals surface area contributed by atoms with E-state index >= 15 is 0 Å². The Morgan fingerprint density at radius 2 is 1.80 bits per heavy atom. The molecular weight excluding hydrogens is 196 g/mol. The molecule has 0 radical (unpaired) electrons. The van der Waals surface area contributed by atoms with Crippen molar-refractivity contribution >= 4 is 0 Å². The van der Waals surface area contributed by atoms with Gasteiger partial charge in [0.1, 0.15) is 0 Å². The molecule has 0 aliphatic carbocycles. The summed E-state index contributed by atoms with van der Waals surface area (Å²) in [6.07, 6.45) is -2.34. The third kappa shape index (κ3) is 2.75. The summed E-state index contributed by atoms with van der Waals surface area (Å²) in [5, 5.41) is 0. The van der Waals surface area contributed by atoms with E-state index in [4.69, 9.17) is 5.73 Å². The Labute approximate surface area is 89.3 Å². The van der Waals surface area contributed by atoms with Crippen molar-refractivity contribution in [2.75, 3.05) is 0 Å². The van der Waals surface area contributed by atoms with Crippen LogP contribution in [0.5, 0.6) is 0 Å². The summed E-state index contributed by atoms with van der Waals surface area (Å²) in [5.41, 5.74) is 7.05. The van der Waals surface area contributed by atoms with Crippen molar-refractivity contribution < 1.29 is 8.78 Å². The molecule has 0 aromatic heterocycles. The van der Waals surface area contributed by atoms with Gasteiger partial charge in [0.05, 0.1) is 0 Å². The SMILES string of the molecule is CC(C)C(c1ccccc1CN)C(F)F. The van der Waals surface area contributed by atoms with Crippen LogP contribution in [0.4, 0.5) is 8.78 Å². The third-order valence-corrected chi connectivity index (χ3v) is 2.62. The predicted molar refractivity (Wildman–Crippen MR) is 57.9 cm³/mol. The molecule has 1 atom stereocenters. The van der Waals surface area contributed by atoms with Crippen LogP contribution in [0.25, 0.3) is 0 Å². The zero-order chi connectivity index (χ0) is 11.4. The molecule has 0 saturated heterocycles. The maximum absolute atomic E-state index is 12.9. The number of hydrogen-bond donors (Lipinski definition) is 1. The molecule has 0 amide bonds. The van der Waals surface area contributed by atoms with E-state index in [1.54, 1.807) is 12.1 Å². The van der Waals surface area contributed by atoms with E-state index in [0.29, 0.717) is 12.1 Å². The lowest BCUT2D eigenvalue weighted by Gasteiger charge is -2.22. The molecule has 1 aromatic rings. The molecule has 1 aromatic carbocycles. The van der Waals surface area contributed by atoms with Gasteiger partial charge in [0.25, 0.3) is 0 Å². The molecule has 0 fully saturated rings. The first-order chi connectivity index (χ1) is 7.07. The molecule has 15 heavy (non-hydrogen) atoms. The fourth-order valence-electron chi connectivity index (χ4n) is 1.83. The normalized spacial score (nSPS) is 13.5. The molecular formula is C12H17F2N. The predicted octanol–water partition coefficient (Wildman–Crippen LogP) is 3.15. The van der Waals surface area contributed by atoms with Crippen molar-refractivity contribution in [1.82, 2.24) is 0 Å². The highest BCUT2D eigenvalue weighted by atomic mass is 19.3. The zero-order valence-corrected chi connectivity index (χ0v) is 9.08. The van der Waals surface area contributed by atoms with Gasteiger partial charge in [0, 0.05) is 12.5 Å². The zero-order valence-electron chi connectivity index (χ0n) is 9.08. The molecule has 1 nitrogen and oxygen atoms in total. The van der Waals surface area contributed by atoms with E-state index in [0.717, 1.165) is 5.56 Å². The summed E-state index contributed by atoms with van der Waals surface area (Å²) in [5.74, 6) is -0.803. The summed E-state index contributed by atoms with van der Waals surface area (Å²) in [6.45, 7) is 3.93. The molecule has 2 N–H and O–H groups in total. The van der Waals surface area contributed by atoms with E-state index in [1.807, 2.05) is 26.0 Å². The van der Waals surface area contributed by atoms with E-state index in [9.17, 15) is 8.78 Å². The third-order valence-electron chi connectivity index (χ3n) is 2.62. The molecule has 0 heterocycles. The minimum Gasteiger partial charge on any atom is -0.326 e. The fourth-order valence-corrected chi connectivity index (χ4v) is 1.83. The average Bonchev–Trinajstić information content (AvgIpc) is 2.17. The van der Waals surface area contributed by atoms with Gasteiger partial charge in [-0.15, -0.1) is 0 Å². The molecule has 84 valence electrons. The first kappa shape index (κ1) is 12.1. The van der Waals surface area contributed by atoms with Crippen molar-refractivity contribution in [1.29, 1.82) is 0 Å². The fraction of sp³-hybridized carbons (Fsp3) is 0.500. The Morgan fingerprint density at radius 1 is 1.20 bits per heavy atom. The van der Waals surface area contributed by atoms with Crippen molar-refractivity contribution in [3.05, 3.63) is 35.4 Å². The van der Waals surface area contributed by atoms with Gasteiger partial charge in [-0.2, -0.15) is 0 Å². The Hall–Kier alpha value is -0.960. The van der Waals surface area contributed by atoms with Gasteiger partial charge in [-0.1, -0.05) is 38.1 Å². The van der Waals surface area contributed by atoms with Gasteiger partial charge < -0.3 is 5.73 Å². The van der Waals surface area contributed by atoms with Crippen LogP contribution in [0.3, 0.4) is 0 Å². The van der Waals surface area contributed by atoms with Gasteiger partial charge in [0.15, 0.2) is 0 Å². The highest BCUT2D eigenvalue weighted by molar-refractivity contribution is 5.31. The summed E-state index contributed by atoms with van der Waals surface area (Å²) in [6, 6.07) is 7.17. The summed E-state index contributed by atoms with van der Waals surface area (Å²) in [7, 11) is 0. The van der Waals surface area contributed by atoms with Crippen LogP contribution in [0.2, 0.25) is 0 Å². The average molecular weight is 213 g/mol. The van der Waals surface area contributed by atoms with E-state index < -0.39 is 12.3 Å². The Balaban J connectivity index is 3.10. The van der Waals surface area contributed by atoms with Crippen LogP contribution in [0.15, 0.2) is 24.3 Å². The highest BCUT2D eigenvalue weighted by Crippen LogP contribution is 2.32. The first-order valence-corrected chi connectivity index (χ1v) is 5.14. The number of hydrogen-bond acceptors (Lipinski definition) is 1. The topological polar surface area (TPSA) is 26.0 Å². The molecule has 1 unspecified atom stereocenters. The number of benzene rings is 1. The second-order valence-corrected chi connectivity index (χ2v) is 4.01. The van der Waals surface area contributed by atoms with Gasteiger partial charge >= 0.3 is 0 Å². The Bertz CT molecular complexity index is 302. The molecule has 1 rings (SSSR count). The van der Waals surface area contributed by atoms with Gasteiger partial charge in [0.2, 0.25) is 6.43 Å². The summed E-state index contributed by atoms with van der Waals surface area (Å²) < 4.78 is 25.8. The second-order valence-electron chi connectivity index (χ2n) is 4.01. The second kappa shape index (κ2) is 5.21. The monoisotopic (exact) mass is 213 g/mol. The van der Waals surface area contributed by atoms with Crippen molar-refractivity contribution in [3.63, 3.8) is 0 Å². The summed E-state index contributed by atoms with van der Waals surface area (Å²) >= 11 is 0. The molecule has 0 bridgehead atoms. The molecule has 0 aliphatic heterocycles. The molecule has 3 heteroatoms. The lowest BCUT2D eigenvalue weighted by molar-refractivity contribution is 0.0930. The van der Waals surface area contributed by atoms with Crippen molar-refractivity contribution in [2.24, 2.45) is 11.7 Å². The maximum Gasteiger partial charge on any atom is 0.245 e. The highest BCUT2D eigenvalue weighted by Gasteiger charge is 2.27. The standard InChI is InChI=1S/C12H17F2N/c1-8(2)11(12(13)14)10-6-4-3-5-9(10)7-15/h3-6,8,11-12H,7,15H2,1-2H3. The Kier molecular flexibility index (Phi) is 4.21. The lowest BCUT2D eigenvalue weighted by Crippen LogP contribution is -2.18. The van der Waals surface area contributed by atoms with E-state index in [1.165, 1.54) is 0 Å². The van der Waals surface area contributed by atoms with Crippen LogP contribution >= 0.6 is 0 Å². The lowest BCUT2D eigenvalue weighted by atomic mass is 9.86. The molecule has 0 spiro atoms. The van der Waals surface area contributed by atoms with Gasteiger partial charge in [-0.05, 0) is 17.0 Å². The quantitative estimate of drug-likeness (QED) is 0.816. The van der Waals surface area contributed by atoms with Crippen LogP contribution in [0.1, 0.15) is 30.9 Å². The van der Waals surface area contributed by atoms with Gasteiger partial charge in [-0.3, -0.25) is 0 Å². The maximum atomic E-state index is 12.9. The van der Waals surface area contributed by atoms with Gasteiger partial charge in [-0.25, -0.2) is 8.78 Å². The largest absolute Gasteiger partial charge is 0.326 e. The van der Waals surface area contributed by atoms with Crippen LogP contribution in [0, 0.1) is 5.92 Å². The van der Waals surface area contributed by atoms with Crippen molar-refractivity contribution in [3.8, 4) is 0 Å². The first-order valence-electron chi connectivity index (χ1n) is 5.14. The van der Waals surface area contributed by atoms with Crippen LogP contribution in [-0.2, 0) is 6.54 Å². The number of nitrogens with two attached hydrogens (primary N) is 1. The van der Waals surface area contributed by atoms with Crippen molar-refractivity contribution in [2.45, 2.75) is 32.7 Å². The smallest absolute Gasteiger partial charge is 0.245 e. The number of halogens is 2. The minimum atomic E-state index is -2.34. The van der Waals surface area contributed by atoms with E-state index in [-0.39, 0.29) is 5.92 Å². The summed E-state index contributed by atoms with van der Waals surface area (Å²) in [4.78, 5) is 0.